The molecule has 3 N–H and O–H groups in total. The number of aromatic nitrogens is 3. The smallest absolute Gasteiger partial charge is 0.191 e. The van der Waals surface area contributed by atoms with Crippen LogP contribution >= 0.6 is 0 Å². The molecule has 0 fully saturated rings. The summed E-state index contributed by atoms with van der Waals surface area (Å²) in [4.78, 5) is 4.61. The molecule has 0 spiro atoms. The number of aliphatic hydroxyl groups is 1. The van der Waals surface area contributed by atoms with Gasteiger partial charge in [0.25, 0.3) is 0 Å². The molecule has 4 rings (SSSR count). The molecule has 0 amide bonds. The van der Waals surface area contributed by atoms with Gasteiger partial charge in [0.2, 0.25) is 0 Å². The van der Waals surface area contributed by atoms with Crippen LogP contribution in [0.5, 0.6) is 0 Å². The average Bonchev–Trinajstić information content (AvgIpc) is 3.26. The Morgan fingerprint density at radius 3 is 2.93 bits per heavy atom. The minimum atomic E-state index is -0.867. The number of nitrogens with zero attached hydrogens (tertiary/aromatic N) is 4. The zero-order valence-corrected chi connectivity index (χ0v) is 15.4. The Morgan fingerprint density at radius 2 is 2.04 bits per heavy atom. The van der Waals surface area contributed by atoms with Crippen molar-refractivity contribution in [2.75, 3.05) is 13.1 Å². The van der Waals surface area contributed by atoms with Gasteiger partial charge >= 0.3 is 0 Å². The summed E-state index contributed by atoms with van der Waals surface area (Å²) in [7, 11) is 0. The lowest BCUT2D eigenvalue weighted by atomic mass is 9.96. The van der Waals surface area contributed by atoms with Crippen LogP contribution in [0, 0.1) is 0 Å². The molecule has 27 heavy (non-hydrogen) atoms. The van der Waals surface area contributed by atoms with Crippen molar-refractivity contribution in [2.24, 2.45) is 4.99 Å². The molecule has 1 aliphatic carbocycles. The van der Waals surface area contributed by atoms with Gasteiger partial charge in [0.05, 0.1) is 6.54 Å². The monoisotopic (exact) mass is 364 g/mol. The van der Waals surface area contributed by atoms with Gasteiger partial charge in [0.15, 0.2) is 17.4 Å². The fraction of sp³-hybridized carbons (Fsp3) is 0.350. The van der Waals surface area contributed by atoms with Gasteiger partial charge in [0.1, 0.15) is 12.1 Å². The van der Waals surface area contributed by atoms with Crippen LogP contribution in [0.25, 0.3) is 5.65 Å². The second kappa shape index (κ2) is 7.36. The van der Waals surface area contributed by atoms with Gasteiger partial charge < -0.3 is 15.7 Å². The predicted octanol–water partition coefficient (Wildman–Crippen LogP) is 1.62. The predicted molar refractivity (Wildman–Crippen MR) is 104 cm³/mol. The maximum atomic E-state index is 11.1. The number of hydrogen-bond acceptors (Lipinski definition) is 4. The first-order chi connectivity index (χ1) is 13.2. The number of benzene rings is 1. The van der Waals surface area contributed by atoms with E-state index in [2.05, 4.69) is 31.9 Å². The third kappa shape index (κ3) is 3.50. The lowest BCUT2D eigenvalue weighted by molar-refractivity contribution is 0.0432. The number of hydrogen-bond donors (Lipinski definition) is 3. The van der Waals surface area contributed by atoms with Gasteiger partial charge in [-0.2, -0.15) is 0 Å². The van der Waals surface area contributed by atoms with Crippen LogP contribution in [0.3, 0.4) is 0 Å². The molecule has 0 saturated carbocycles. The van der Waals surface area contributed by atoms with Crippen molar-refractivity contribution in [3.63, 3.8) is 0 Å². The minimum absolute atomic E-state index is 0.398. The van der Waals surface area contributed by atoms with Crippen molar-refractivity contribution in [3.8, 4) is 0 Å². The summed E-state index contributed by atoms with van der Waals surface area (Å²) < 4.78 is 1.92. The quantitative estimate of drug-likeness (QED) is 0.473. The SMILES string of the molecule is CCNC(=NCc1nnc2ccccn12)NCC1(O)CCc2ccccc21. The Kier molecular flexibility index (Phi) is 4.77. The van der Waals surface area contributed by atoms with E-state index in [4.69, 9.17) is 0 Å². The van der Waals surface area contributed by atoms with Crippen LogP contribution < -0.4 is 10.6 Å². The highest BCUT2D eigenvalue weighted by molar-refractivity contribution is 5.79. The molecular weight excluding hydrogens is 340 g/mol. The molecule has 1 aromatic carbocycles. The molecule has 1 aliphatic rings. The summed E-state index contributed by atoms with van der Waals surface area (Å²) >= 11 is 0. The van der Waals surface area contributed by atoms with E-state index in [0.717, 1.165) is 30.0 Å². The Hall–Kier alpha value is -2.93. The number of nitrogens with one attached hydrogen (secondary N) is 2. The van der Waals surface area contributed by atoms with Gasteiger partial charge in [0, 0.05) is 12.7 Å². The Morgan fingerprint density at radius 1 is 1.19 bits per heavy atom. The summed E-state index contributed by atoms with van der Waals surface area (Å²) in [5.41, 5.74) is 2.17. The highest BCUT2D eigenvalue weighted by atomic mass is 16.3. The summed E-state index contributed by atoms with van der Waals surface area (Å²) in [6.45, 7) is 3.57. The molecule has 1 unspecified atom stereocenters. The lowest BCUT2D eigenvalue weighted by Crippen LogP contribution is -2.45. The van der Waals surface area contributed by atoms with Crippen LogP contribution in [0.2, 0.25) is 0 Å². The Bertz CT molecular complexity index is 966. The van der Waals surface area contributed by atoms with E-state index < -0.39 is 5.60 Å². The number of aliphatic imine (C=N–C) groups is 1. The fourth-order valence-corrected chi connectivity index (χ4v) is 3.57. The van der Waals surface area contributed by atoms with Crippen LogP contribution in [0.15, 0.2) is 53.7 Å². The van der Waals surface area contributed by atoms with Gasteiger partial charge in [-0.05, 0) is 43.0 Å². The van der Waals surface area contributed by atoms with Gasteiger partial charge in [-0.15, -0.1) is 10.2 Å². The number of pyridine rings is 1. The lowest BCUT2D eigenvalue weighted by Gasteiger charge is -2.25. The summed E-state index contributed by atoms with van der Waals surface area (Å²) in [6.07, 6.45) is 3.54. The van der Waals surface area contributed by atoms with Crippen LogP contribution in [-0.4, -0.2) is 38.8 Å². The summed E-state index contributed by atoms with van der Waals surface area (Å²) in [6, 6.07) is 13.9. The number of guanidine groups is 1. The van der Waals surface area contributed by atoms with Crippen molar-refractivity contribution >= 4 is 11.6 Å². The molecule has 0 aliphatic heterocycles. The third-order valence-electron chi connectivity index (χ3n) is 4.98. The largest absolute Gasteiger partial charge is 0.383 e. The molecule has 7 nitrogen and oxygen atoms in total. The Labute approximate surface area is 158 Å². The van der Waals surface area contributed by atoms with E-state index >= 15 is 0 Å². The molecule has 0 saturated heterocycles. The first-order valence-corrected chi connectivity index (χ1v) is 9.31. The van der Waals surface area contributed by atoms with Crippen molar-refractivity contribution in [1.29, 1.82) is 0 Å². The summed E-state index contributed by atoms with van der Waals surface area (Å²) in [5.74, 6) is 1.43. The first kappa shape index (κ1) is 17.5. The number of rotatable bonds is 5. The standard InChI is InChI=1S/C20H24N6O/c1-2-21-19(22-13-18-25-24-17-9-5-6-12-26(17)18)23-14-20(27)11-10-15-7-3-4-8-16(15)20/h3-9,12,27H,2,10-11,13-14H2,1H3,(H2,21,22,23). The van der Waals surface area contributed by atoms with E-state index in [9.17, 15) is 5.11 Å². The van der Waals surface area contributed by atoms with E-state index in [1.165, 1.54) is 5.56 Å². The Balaban J connectivity index is 1.47. The van der Waals surface area contributed by atoms with E-state index in [1.807, 2.05) is 53.9 Å². The molecule has 140 valence electrons. The normalized spacial score (nSPS) is 19.3. The second-order valence-electron chi connectivity index (χ2n) is 6.78. The van der Waals surface area contributed by atoms with Crippen molar-refractivity contribution in [1.82, 2.24) is 25.2 Å². The van der Waals surface area contributed by atoms with Crippen LogP contribution in [-0.2, 0) is 18.6 Å². The molecule has 7 heteroatoms. The van der Waals surface area contributed by atoms with E-state index in [-0.39, 0.29) is 0 Å². The van der Waals surface area contributed by atoms with Crippen molar-refractivity contribution in [3.05, 3.63) is 65.6 Å². The molecule has 0 bridgehead atoms. The molecule has 2 aromatic heterocycles. The fourth-order valence-electron chi connectivity index (χ4n) is 3.57. The second-order valence-corrected chi connectivity index (χ2v) is 6.78. The van der Waals surface area contributed by atoms with Crippen molar-refractivity contribution in [2.45, 2.75) is 31.9 Å². The van der Waals surface area contributed by atoms with Crippen LogP contribution in [0.1, 0.15) is 30.3 Å². The zero-order chi connectivity index (χ0) is 18.7. The van der Waals surface area contributed by atoms with Gasteiger partial charge in [-0.25, -0.2) is 4.99 Å². The highest BCUT2D eigenvalue weighted by Crippen LogP contribution is 2.36. The number of fused-ring (bicyclic) bond motifs is 2. The minimum Gasteiger partial charge on any atom is -0.383 e. The molecule has 1 atom stereocenters. The van der Waals surface area contributed by atoms with Gasteiger partial charge in [-0.3, -0.25) is 4.40 Å². The van der Waals surface area contributed by atoms with E-state index in [1.54, 1.807) is 0 Å². The van der Waals surface area contributed by atoms with Gasteiger partial charge in [-0.1, -0.05) is 30.3 Å². The summed E-state index contributed by atoms with van der Waals surface area (Å²) in [5, 5.41) is 26.0. The van der Waals surface area contributed by atoms with Crippen molar-refractivity contribution < 1.29 is 5.11 Å². The molecular formula is C20H24N6O. The molecule has 0 radical (unpaired) electrons. The highest BCUT2D eigenvalue weighted by Gasteiger charge is 2.36. The number of aryl methyl sites for hydroxylation is 1. The first-order valence-electron chi connectivity index (χ1n) is 9.31. The average molecular weight is 364 g/mol. The molecule has 2 heterocycles. The third-order valence-corrected chi connectivity index (χ3v) is 4.98. The maximum absolute atomic E-state index is 11.1. The topological polar surface area (TPSA) is 86.8 Å². The molecule has 3 aromatic rings. The van der Waals surface area contributed by atoms with Crippen LogP contribution in [0.4, 0.5) is 0 Å². The van der Waals surface area contributed by atoms with E-state index in [0.29, 0.717) is 25.5 Å². The maximum Gasteiger partial charge on any atom is 0.191 e. The zero-order valence-electron chi connectivity index (χ0n) is 15.4.